The molecule has 0 unspecified atom stereocenters. The van der Waals surface area contributed by atoms with Crippen LogP contribution in [0.15, 0.2) is 22.7 Å². The van der Waals surface area contributed by atoms with Gasteiger partial charge in [0.1, 0.15) is 5.75 Å². The maximum absolute atomic E-state index is 11.7. The lowest BCUT2D eigenvalue weighted by molar-refractivity contribution is -0.123. The Morgan fingerprint density at radius 1 is 1.53 bits per heavy atom. The summed E-state index contributed by atoms with van der Waals surface area (Å²) >= 11 is 9.18. The van der Waals surface area contributed by atoms with E-state index < -0.39 is 5.54 Å². The zero-order valence-electron chi connectivity index (χ0n) is 11.0. The summed E-state index contributed by atoms with van der Waals surface area (Å²) in [5.41, 5.74) is 5.15. The molecule has 1 aromatic carbocycles. The van der Waals surface area contributed by atoms with Gasteiger partial charge in [0.2, 0.25) is 5.91 Å². The first-order valence-electron chi connectivity index (χ1n) is 5.93. The van der Waals surface area contributed by atoms with Crippen molar-refractivity contribution in [1.82, 2.24) is 5.32 Å². The van der Waals surface area contributed by atoms with E-state index in [2.05, 4.69) is 21.2 Å². The van der Waals surface area contributed by atoms with E-state index in [0.717, 1.165) is 4.47 Å². The van der Waals surface area contributed by atoms with Crippen molar-refractivity contribution in [2.75, 3.05) is 13.2 Å². The molecule has 1 rings (SSSR count). The Hall–Kier alpha value is -0.780. The molecule has 0 aromatic heterocycles. The fourth-order valence-electron chi connectivity index (χ4n) is 1.34. The molecule has 0 bridgehead atoms. The third-order valence-electron chi connectivity index (χ3n) is 2.47. The summed E-state index contributed by atoms with van der Waals surface area (Å²) in [7, 11) is 0. The second-order valence-corrected chi connectivity index (χ2v) is 6.10. The van der Waals surface area contributed by atoms with Crippen LogP contribution in [0.5, 0.6) is 5.75 Å². The number of ether oxygens (including phenoxy) is 1. The van der Waals surface area contributed by atoms with Gasteiger partial charge in [-0.1, -0.05) is 11.6 Å². The zero-order chi connectivity index (χ0) is 14.5. The summed E-state index contributed by atoms with van der Waals surface area (Å²) in [6.07, 6.45) is 0.276. The molecule has 0 spiro atoms. The molecule has 0 aliphatic carbocycles. The number of hydrogen-bond acceptors (Lipinski definition) is 3. The van der Waals surface area contributed by atoms with Gasteiger partial charge in [-0.05, 0) is 48.0 Å². The van der Waals surface area contributed by atoms with Crippen molar-refractivity contribution in [2.24, 2.45) is 5.73 Å². The van der Waals surface area contributed by atoms with Crippen molar-refractivity contribution in [1.29, 1.82) is 0 Å². The number of carbonyl (C=O) groups is 1. The summed E-state index contributed by atoms with van der Waals surface area (Å²) in [4.78, 5) is 11.7. The van der Waals surface area contributed by atoms with Gasteiger partial charge < -0.3 is 15.8 Å². The molecule has 106 valence electrons. The molecule has 0 atom stereocenters. The van der Waals surface area contributed by atoms with Crippen molar-refractivity contribution in [3.05, 3.63) is 27.7 Å². The van der Waals surface area contributed by atoms with Crippen LogP contribution in [-0.4, -0.2) is 24.6 Å². The minimum Gasteiger partial charge on any atom is -0.492 e. The Bertz CT molecular complexity index is 452. The highest BCUT2D eigenvalue weighted by molar-refractivity contribution is 9.10. The standard InChI is InChI=1S/C13H18BrClN2O2/c1-13(2,8-16)17-12(18)5-6-19-11-4-3-9(15)7-10(11)14/h3-4,7H,5-6,8,16H2,1-2H3,(H,17,18). The van der Waals surface area contributed by atoms with Crippen LogP contribution in [0.1, 0.15) is 20.3 Å². The van der Waals surface area contributed by atoms with E-state index in [1.807, 2.05) is 13.8 Å². The molecule has 0 heterocycles. The first kappa shape index (κ1) is 16.3. The molecular weight excluding hydrogens is 332 g/mol. The predicted molar refractivity (Wildman–Crippen MR) is 80.5 cm³/mol. The van der Waals surface area contributed by atoms with Crippen LogP contribution >= 0.6 is 27.5 Å². The predicted octanol–water partition coefficient (Wildman–Crippen LogP) is 2.72. The lowest BCUT2D eigenvalue weighted by Gasteiger charge is -2.24. The van der Waals surface area contributed by atoms with E-state index in [1.54, 1.807) is 18.2 Å². The third kappa shape index (κ3) is 5.80. The van der Waals surface area contributed by atoms with E-state index in [1.165, 1.54) is 0 Å². The maximum atomic E-state index is 11.7. The van der Waals surface area contributed by atoms with Crippen molar-refractivity contribution in [3.63, 3.8) is 0 Å². The Kier molecular flexibility index (Phi) is 6.10. The number of carbonyl (C=O) groups excluding carboxylic acids is 1. The first-order valence-corrected chi connectivity index (χ1v) is 7.10. The van der Waals surface area contributed by atoms with Crippen LogP contribution in [0.25, 0.3) is 0 Å². The molecule has 1 amide bonds. The van der Waals surface area contributed by atoms with Crippen LogP contribution in [0.3, 0.4) is 0 Å². The van der Waals surface area contributed by atoms with Gasteiger partial charge in [-0.25, -0.2) is 0 Å². The Morgan fingerprint density at radius 2 is 2.21 bits per heavy atom. The normalized spacial score (nSPS) is 11.2. The Morgan fingerprint density at radius 3 is 2.79 bits per heavy atom. The summed E-state index contributed by atoms with van der Waals surface area (Å²) in [6.45, 7) is 4.44. The lowest BCUT2D eigenvalue weighted by atomic mass is 10.1. The van der Waals surface area contributed by atoms with Gasteiger partial charge in [0.15, 0.2) is 0 Å². The van der Waals surface area contributed by atoms with E-state index in [9.17, 15) is 4.79 Å². The van der Waals surface area contributed by atoms with E-state index in [4.69, 9.17) is 22.1 Å². The Balaban J connectivity index is 2.40. The van der Waals surface area contributed by atoms with Crippen molar-refractivity contribution in [3.8, 4) is 5.75 Å². The third-order valence-corrected chi connectivity index (χ3v) is 3.32. The highest BCUT2D eigenvalue weighted by Crippen LogP contribution is 2.27. The molecule has 19 heavy (non-hydrogen) atoms. The molecule has 0 aliphatic heterocycles. The minimum absolute atomic E-state index is 0.0828. The topological polar surface area (TPSA) is 64.3 Å². The smallest absolute Gasteiger partial charge is 0.223 e. The van der Waals surface area contributed by atoms with Crippen molar-refractivity contribution in [2.45, 2.75) is 25.8 Å². The number of amides is 1. The number of nitrogens with two attached hydrogens (primary N) is 1. The fourth-order valence-corrected chi connectivity index (χ4v) is 2.13. The number of rotatable bonds is 6. The molecule has 0 saturated carbocycles. The molecule has 4 nitrogen and oxygen atoms in total. The summed E-state index contributed by atoms with van der Waals surface area (Å²) in [5, 5.41) is 3.47. The van der Waals surface area contributed by atoms with Crippen LogP contribution in [0.2, 0.25) is 5.02 Å². The molecule has 6 heteroatoms. The largest absolute Gasteiger partial charge is 0.492 e. The van der Waals surface area contributed by atoms with Gasteiger partial charge >= 0.3 is 0 Å². The number of nitrogens with one attached hydrogen (secondary N) is 1. The van der Waals surface area contributed by atoms with Crippen LogP contribution in [-0.2, 0) is 4.79 Å². The molecule has 0 fully saturated rings. The second kappa shape index (κ2) is 7.12. The lowest BCUT2D eigenvalue weighted by Crippen LogP contribution is -2.49. The maximum Gasteiger partial charge on any atom is 0.223 e. The molecule has 0 saturated heterocycles. The van der Waals surface area contributed by atoms with Gasteiger partial charge in [-0.15, -0.1) is 0 Å². The average Bonchev–Trinajstić information content (AvgIpc) is 2.31. The SMILES string of the molecule is CC(C)(CN)NC(=O)CCOc1ccc(Cl)cc1Br. The summed E-state index contributed by atoms with van der Waals surface area (Å²) < 4.78 is 6.28. The molecule has 3 N–H and O–H groups in total. The highest BCUT2D eigenvalue weighted by atomic mass is 79.9. The van der Waals surface area contributed by atoms with Gasteiger partial charge in [-0.3, -0.25) is 4.79 Å². The quantitative estimate of drug-likeness (QED) is 0.830. The Labute approximate surface area is 126 Å². The van der Waals surface area contributed by atoms with Crippen LogP contribution < -0.4 is 15.8 Å². The second-order valence-electron chi connectivity index (χ2n) is 4.81. The van der Waals surface area contributed by atoms with Crippen molar-refractivity contribution < 1.29 is 9.53 Å². The van der Waals surface area contributed by atoms with Crippen LogP contribution in [0, 0.1) is 0 Å². The molecular formula is C13H18BrClN2O2. The van der Waals surface area contributed by atoms with E-state index in [-0.39, 0.29) is 12.3 Å². The van der Waals surface area contributed by atoms with Crippen molar-refractivity contribution >= 4 is 33.4 Å². The van der Waals surface area contributed by atoms with Crippen LogP contribution in [0.4, 0.5) is 0 Å². The number of benzene rings is 1. The number of halogens is 2. The van der Waals surface area contributed by atoms with Gasteiger partial charge in [-0.2, -0.15) is 0 Å². The summed E-state index contributed by atoms with van der Waals surface area (Å²) in [6, 6.07) is 5.24. The average molecular weight is 350 g/mol. The summed E-state index contributed by atoms with van der Waals surface area (Å²) in [5.74, 6) is 0.579. The molecule has 0 radical (unpaired) electrons. The van der Waals surface area contributed by atoms with E-state index in [0.29, 0.717) is 23.9 Å². The molecule has 0 aliphatic rings. The van der Waals surface area contributed by atoms with Gasteiger partial charge in [0.25, 0.3) is 0 Å². The van der Waals surface area contributed by atoms with E-state index >= 15 is 0 Å². The van der Waals surface area contributed by atoms with Gasteiger partial charge in [0.05, 0.1) is 17.5 Å². The number of hydrogen-bond donors (Lipinski definition) is 2. The first-order chi connectivity index (χ1) is 8.84. The zero-order valence-corrected chi connectivity index (χ0v) is 13.3. The van der Waals surface area contributed by atoms with Gasteiger partial charge in [0, 0.05) is 17.1 Å². The molecule has 1 aromatic rings. The minimum atomic E-state index is -0.391. The highest BCUT2D eigenvalue weighted by Gasteiger charge is 2.17. The fraction of sp³-hybridized carbons (Fsp3) is 0.462. The monoisotopic (exact) mass is 348 g/mol.